The minimum atomic E-state index is -2.17. The fourth-order valence-corrected chi connectivity index (χ4v) is 10.5. The van der Waals surface area contributed by atoms with E-state index in [1.807, 2.05) is 13.8 Å². The maximum Gasteiger partial charge on any atom is 0.192 e. The van der Waals surface area contributed by atoms with Crippen molar-refractivity contribution < 1.29 is 51.8 Å². The summed E-state index contributed by atoms with van der Waals surface area (Å²) < 4.78 is 34.9. The summed E-state index contributed by atoms with van der Waals surface area (Å²) in [6.45, 7) is 28.4. The van der Waals surface area contributed by atoms with Crippen molar-refractivity contribution in [2.24, 2.45) is 0 Å². The summed E-state index contributed by atoms with van der Waals surface area (Å²) in [6, 6.07) is 0. The Bertz CT molecular complexity index is 987. The molecule has 0 bridgehead atoms. The molecule has 2 fully saturated rings. The molecule has 2 rings (SSSR count). The smallest absolute Gasteiger partial charge is 0.192 e. The molecule has 2 aliphatic rings. The van der Waals surface area contributed by atoms with Crippen molar-refractivity contribution in [2.45, 2.75) is 296 Å². The van der Waals surface area contributed by atoms with Crippen LogP contribution in [0, 0.1) is 0 Å². The molecule has 354 valence electrons. The average Bonchev–Trinajstić information content (AvgIpc) is 3.66. The Morgan fingerprint density at radius 1 is 0.559 bits per heavy atom. The second-order valence-corrected chi connectivity index (χ2v) is 26.5. The first-order chi connectivity index (χ1) is 27.4. The molecule has 4 atom stereocenters. The fraction of sp³-hybridized carbons (Fsp3) is 1.00. The highest BCUT2D eigenvalue weighted by Gasteiger charge is 2.55. The number of unbranched alkanes of at least 4 members (excludes halogenated alkanes) is 26. The molecule has 0 radical (unpaired) electrons. The van der Waals surface area contributed by atoms with E-state index in [0.29, 0.717) is 6.61 Å². The van der Waals surface area contributed by atoms with Crippen LogP contribution in [0.25, 0.3) is 0 Å². The van der Waals surface area contributed by atoms with Crippen molar-refractivity contribution in [1.82, 2.24) is 0 Å². The normalized spacial score (nSPS) is 21.3. The topological polar surface area (TPSA) is 46.2 Å². The van der Waals surface area contributed by atoms with E-state index in [2.05, 4.69) is 68.6 Å². The first-order valence-corrected chi connectivity index (χ1v) is 28.5. The Balaban J connectivity index is 0.0000174. The van der Waals surface area contributed by atoms with Crippen LogP contribution in [0.1, 0.15) is 242 Å². The molecule has 0 saturated carbocycles. The zero-order chi connectivity index (χ0) is 43.0. The number of hydrogen-bond acceptors (Lipinski definition) is 5. The highest BCUT2D eigenvalue weighted by molar-refractivity contribution is 6.74. The van der Waals surface area contributed by atoms with E-state index in [4.69, 9.17) is 23.4 Å². The van der Waals surface area contributed by atoms with E-state index in [1.165, 1.54) is 193 Å². The number of halogens is 1. The lowest BCUT2D eigenvalue weighted by molar-refractivity contribution is -0.913. The summed E-state index contributed by atoms with van der Waals surface area (Å²) in [5.74, 6) is -1.30. The lowest BCUT2D eigenvalue weighted by atomic mass is 10.0. The number of ether oxygens (including phenoxy) is 4. The number of likely N-dealkylation sites (N-methyl/N-ethyl adjacent to an activating group) is 1. The molecule has 0 aromatic heterocycles. The van der Waals surface area contributed by atoms with Gasteiger partial charge in [-0.2, -0.15) is 0 Å². The molecule has 0 aromatic rings. The van der Waals surface area contributed by atoms with E-state index in [1.54, 1.807) is 0 Å². The van der Waals surface area contributed by atoms with Crippen LogP contribution in [0.5, 0.6) is 0 Å². The van der Waals surface area contributed by atoms with Gasteiger partial charge in [-0.25, -0.2) is 0 Å². The molecule has 2 saturated heterocycles. The molecule has 6 nitrogen and oxygen atoms in total. The van der Waals surface area contributed by atoms with Crippen molar-refractivity contribution in [3.05, 3.63) is 0 Å². The van der Waals surface area contributed by atoms with Crippen molar-refractivity contribution in [2.75, 3.05) is 33.3 Å². The first-order valence-electron chi connectivity index (χ1n) is 25.6. The molecule has 0 aliphatic carbocycles. The molecule has 0 unspecified atom stereocenters. The van der Waals surface area contributed by atoms with Gasteiger partial charge < -0.3 is 51.8 Å². The Labute approximate surface area is 387 Å². The summed E-state index contributed by atoms with van der Waals surface area (Å²) in [7, 11) is 0.345. The van der Waals surface area contributed by atoms with Gasteiger partial charge in [0.25, 0.3) is 0 Å². The first kappa shape index (κ1) is 57.7. The van der Waals surface area contributed by atoms with Gasteiger partial charge in [0, 0.05) is 0 Å². The molecular weight excluding hydrogens is 862 g/mol. The zero-order valence-corrected chi connectivity index (χ0v) is 45.0. The van der Waals surface area contributed by atoms with Crippen LogP contribution in [0.3, 0.4) is 0 Å². The largest absolute Gasteiger partial charge is 1.00 e. The van der Waals surface area contributed by atoms with E-state index in [0.717, 1.165) is 11.0 Å². The monoisotopic (exact) mass is 966 g/mol. The zero-order valence-electron chi connectivity index (χ0n) is 41.8. The molecule has 0 aromatic carbocycles. The number of quaternary nitrogens is 1. The second kappa shape index (κ2) is 30.8. The van der Waals surface area contributed by atoms with Crippen LogP contribution in [0.4, 0.5) is 0 Å². The fourth-order valence-electron chi connectivity index (χ4n) is 9.14. The number of rotatable bonds is 36. The van der Waals surface area contributed by atoms with Gasteiger partial charge in [0.15, 0.2) is 19.9 Å². The predicted octanol–water partition coefficient (Wildman–Crippen LogP) is 12.5. The van der Waals surface area contributed by atoms with Gasteiger partial charge in [-0.05, 0) is 71.5 Å². The highest BCUT2D eigenvalue weighted by atomic mass is 127. The lowest BCUT2D eigenvalue weighted by Crippen LogP contribution is -3.00. The Kier molecular flexibility index (Phi) is 30.1. The third kappa shape index (κ3) is 25.1. The minimum Gasteiger partial charge on any atom is -1.00 e. The van der Waals surface area contributed by atoms with Crippen molar-refractivity contribution in [3.8, 4) is 0 Å². The van der Waals surface area contributed by atoms with Crippen LogP contribution in [-0.4, -0.2) is 82.1 Å². The van der Waals surface area contributed by atoms with Crippen molar-refractivity contribution in [1.29, 1.82) is 0 Å². The van der Waals surface area contributed by atoms with Gasteiger partial charge in [0.05, 0.1) is 26.7 Å². The third-order valence-corrected chi connectivity index (χ3v) is 18.4. The summed E-state index contributed by atoms with van der Waals surface area (Å²) in [6.07, 6.45) is 38.5. The summed E-state index contributed by atoms with van der Waals surface area (Å²) in [5, 5.41) is 0.0665. The van der Waals surface area contributed by atoms with E-state index in [-0.39, 0.29) is 53.4 Å². The maximum absolute atomic E-state index is 7.30. The number of nitrogens with zero attached hydrogens (tertiary/aromatic N) is 1. The second-order valence-electron chi connectivity index (χ2n) is 21.8. The Hall–Kier alpha value is 0.707. The SMILES string of the molecule is CCCCCCCCCCCCCCCC[N+](C)(CCCCCCCCCCCCCCCC)C[C@@H]1OC(C)(C)O[C@H]1[C@@H](O[Si](C)(C)C(C)(C)C)[C@H]1COC(C)(C)O1.[I-]. The quantitative estimate of drug-likeness (QED) is 0.0271. The molecule has 2 aliphatic heterocycles. The van der Waals surface area contributed by atoms with Gasteiger partial charge in [-0.1, -0.05) is 189 Å². The van der Waals surface area contributed by atoms with E-state index < -0.39 is 19.9 Å². The average molecular weight is 966 g/mol. The van der Waals surface area contributed by atoms with Gasteiger partial charge in [0.1, 0.15) is 31.0 Å². The van der Waals surface area contributed by atoms with Crippen LogP contribution in [-0.2, 0) is 23.4 Å². The predicted molar refractivity (Wildman–Crippen MR) is 252 cm³/mol. The van der Waals surface area contributed by atoms with E-state index in [9.17, 15) is 0 Å². The lowest BCUT2D eigenvalue weighted by Gasteiger charge is -2.43. The molecule has 2 heterocycles. The van der Waals surface area contributed by atoms with Crippen molar-refractivity contribution >= 4 is 8.32 Å². The molecule has 0 amide bonds. The van der Waals surface area contributed by atoms with Crippen LogP contribution in [0.2, 0.25) is 18.1 Å². The molecule has 8 heteroatoms. The minimum absolute atomic E-state index is 0. The standard InChI is InChI=1S/C51H104NO5Si.HI/c1-13-15-17-19-21-23-25-27-29-31-33-35-37-39-41-52(10,42-40-38-36-34-32-30-28-26-24-22-20-18-16-14-2)43-45-47(56-51(8,9)54-45)48(46-44-53-50(6,7)55-46)57-58(11,12)49(3,4)5;/h45-48H,13-44H2,1-12H3;1H/q+1;/p-1/t45-,46+,47+,48-;/m0./s1. The van der Waals surface area contributed by atoms with Gasteiger partial charge in [-0.15, -0.1) is 0 Å². The summed E-state index contributed by atoms with van der Waals surface area (Å²) >= 11 is 0. The number of hydrogen-bond donors (Lipinski definition) is 0. The highest BCUT2D eigenvalue weighted by Crippen LogP contribution is 2.42. The van der Waals surface area contributed by atoms with Gasteiger partial charge >= 0.3 is 0 Å². The van der Waals surface area contributed by atoms with Crippen LogP contribution >= 0.6 is 0 Å². The maximum atomic E-state index is 7.30. The molecule has 0 spiro atoms. The van der Waals surface area contributed by atoms with Gasteiger partial charge in [0.2, 0.25) is 0 Å². The van der Waals surface area contributed by atoms with Gasteiger partial charge in [-0.3, -0.25) is 0 Å². The van der Waals surface area contributed by atoms with Crippen LogP contribution in [0.15, 0.2) is 0 Å². The molecular formula is C51H104INO5Si. The van der Waals surface area contributed by atoms with Crippen LogP contribution < -0.4 is 24.0 Å². The summed E-state index contributed by atoms with van der Waals surface area (Å²) in [5.41, 5.74) is 0. The molecule has 0 N–H and O–H groups in total. The Morgan fingerprint density at radius 3 is 1.24 bits per heavy atom. The Morgan fingerprint density at radius 2 is 0.915 bits per heavy atom. The molecule has 59 heavy (non-hydrogen) atoms. The van der Waals surface area contributed by atoms with E-state index >= 15 is 0 Å². The summed E-state index contributed by atoms with van der Waals surface area (Å²) in [4.78, 5) is 0. The third-order valence-electron chi connectivity index (χ3n) is 13.9. The van der Waals surface area contributed by atoms with Crippen molar-refractivity contribution in [3.63, 3.8) is 0 Å².